The molecule has 1 rings (SSSR count). The van der Waals surface area contributed by atoms with Gasteiger partial charge < -0.3 is 0 Å². The predicted molar refractivity (Wildman–Crippen MR) is 59.7 cm³/mol. The highest BCUT2D eigenvalue weighted by Crippen LogP contribution is 2.43. The second kappa shape index (κ2) is 4.64. The molecule has 0 aromatic rings. The van der Waals surface area contributed by atoms with Crippen LogP contribution in [0.25, 0.3) is 0 Å². The zero-order chi connectivity index (χ0) is 9.84. The van der Waals surface area contributed by atoms with Gasteiger partial charge in [0.15, 0.2) is 0 Å². The van der Waals surface area contributed by atoms with E-state index in [1.54, 1.807) is 0 Å². The van der Waals surface area contributed by atoms with Crippen LogP contribution in [0.5, 0.6) is 0 Å². The van der Waals surface area contributed by atoms with Gasteiger partial charge in [0.05, 0.1) is 0 Å². The van der Waals surface area contributed by atoms with Crippen molar-refractivity contribution < 1.29 is 0 Å². The molecule has 0 radical (unpaired) electrons. The van der Waals surface area contributed by atoms with Crippen LogP contribution in [0.15, 0.2) is 24.3 Å². The van der Waals surface area contributed by atoms with E-state index in [-0.39, 0.29) is 0 Å². The maximum absolute atomic E-state index is 4.18. The van der Waals surface area contributed by atoms with E-state index < -0.39 is 0 Å². The van der Waals surface area contributed by atoms with Crippen molar-refractivity contribution in [3.05, 3.63) is 24.3 Å². The molecule has 0 N–H and O–H groups in total. The molecule has 0 aliphatic heterocycles. The lowest BCUT2D eigenvalue weighted by Gasteiger charge is -2.18. The third-order valence-corrected chi connectivity index (χ3v) is 3.30. The topological polar surface area (TPSA) is 0 Å². The second-order valence-electron chi connectivity index (χ2n) is 4.26. The Bertz CT molecular complexity index is 200. The van der Waals surface area contributed by atoms with E-state index in [2.05, 4.69) is 27.0 Å². The Kier molecular flexibility index (Phi) is 3.77. The molecule has 0 spiro atoms. The lowest BCUT2D eigenvalue weighted by Crippen LogP contribution is -2.08. The minimum Gasteiger partial charge on any atom is -0.0992 e. The first-order valence-electron chi connectivity index (χ1n) is 5.56. The van der Waals surface area contributed by atoms with Crippen molar-refractivity contribution in [1.82, 2.24) is 0 Å². The average Bonchev–Trinajstić information content (AvgIpc) is 2.37. The van der Waals surface area contributed by atoms with E-state index in [4.69, 9.17) is 0 Å². The summed E-state index contributed by atoms with van der Waals surface area (Å²) in [6, 6.07) is 0. The molecule has 1 aliphatic rings. The Morgan fingerprint density at radius 2 is 1.77 bits per heavy atom. The predicted octanol–water partition coefficient (Wildman–Crippen LogP) is 4.34. The molecule has 0 saturated heterocycles. The van der Waals surface area contributed by atoms with Gasteiger partial charge >= 0.3 is 0 Å². The molecule has 0 bridgehead atoms. The zero-order valence-corrected chi connectivity index (χ0v) is 9.10. The summed E-state index contributed by atoms with van der Waals surface area (Å²) >= 11 is 0. The van der Waals surface area contributed by atoms with Gasteiger partial charge in [0.2, 0.25) is 0 Å². The monoisotopic (exact) mass is 178 g/mol. The molecule has 0 heteroatoms. The summed E-state index contributed by atoms with van der Waals surface area (Å²) < 4.78 is 0. The van der Waals surface area contributed by atoms with Crippen molar-refractivity contribution in [2.24, 2.45) is 11.8 Å². The molecule has 0 aromatic heterocycles. The molecule has 2 atom stereocenters. The SMILES string of the molecule is C=C1CC(=C)C(CCCC)C1CC. The molecular weight excluding hydrogens is 156 g/mol. The molecule has 1 fully saturated rings. The third kappa shape index (κ3) is 2.24. The largest absolute Gasteiger partial charge is 0.0992 e. The van der Waals surface area contributed by atoms with Crippen LogP contribution in [0, 0.1) is 11.8 Å². The Hall–Kier alpha value is -0.520. The van der Waals surface area contributed by atoms with Gasteiger partial charge in [0, 0.05) is 0 Å². The van der Waals surface area contributed by atoms with Crippen molar-refractivity contribution in [1.29, 1.82) is 0 Å². The standard InChI is InChI=1S/C13H22/c1-5-7-8-13-11(4)9-10(3)12(13)6-2/h12-13H,3-9H2,1-2H3. The van der Waals surface area contributed by atoms with Gasteiger partial charge in [0.25, 0.3) is 0 Å². The first kappa shape index (κ1) is 10.6. The van der Waals surface area contributed by atoms with E-state index in [0.717, 1.165) is 18.3 Å². The quantitative estimate of drug-likeness (QED) is 0.562. The molecule has 2 unspecified atom stereocenters. The zero-order valence-electron chi connectivity index (χ0n) is 9.10. The highest BCUT2D eigenvalue weighted by atomic mass is 14.4. The first-order valence-corrected chi connectivity index (χ1v) is 5.56. The fourth-order valence-electron chi connectivity index (χ4n) is 2.53. The lowest BCUT2D eigenvalue weighted by molar-refractivity contribution is 0.422. The number of hydrogen-bond acceptors (Lipinski definition) is 0. The van der Waals surface area contributed by atoms with Crippen LogP contribution in [0.1, 0.15) is 46.0 Å². The van der Waals surface area contributed by atoms with Crippen LogP contribution >= 0.6 is 0 Å². The molecule has 0 aromatic carbocycles. The van der Waals surface area contributed by atoms with Crippen molar-refractivity contribution >= 4 is 0 Å². The van der Waals surface area contributed by atoms with E-state index >= 15 is 0 Å². The van der Waals surface area contributed by atoms with E-state index in [9.17, 15) is 0 Å². The van der Waals surface area contributed by atoms with Crippen molar-refractivity contribution in [3.63, 3.8) is 0 Å². The third-order valence-electron chi connectivity index (χ3n) is 3.30. The smallest absolute Gasteiger partial charge is 0.0108 e. The van der Waals surface area contributed by atoms with Gasteiger partial charge in [-0.2, -0.15) is 0 Å². The van der Waals surface area contributed by atoms with Crippen LogP contribution in [0.3, 0.4) is 0 Å². The second-order valence-corrected chi connectivity index (χ2v) is 4.26. The molecule has 13 heavy (non-hydrogen) atoms. The maximum atomic E-state index is 4.18. The maximum Gasteiger partial charge on any atom is -0.0108 e. The highest BCUT2D eigenvalue weighted by Gasteiger charge is 2.30. The van der Waals surface area contributed by atoms with Crippen LogP contribution in [-0.2, 0) is 0 Å². The summed E-state index contributed by atoms with van der Waals surface area (Å²) in [6.45, 7) is 12.9. The summed E-state index contributed by atoms with van der Waals surface area (Å²) in [4.78, 5) is 0. The van der Waals surface area contributed by atoms with Crippen LogP contribution in [0.4, 0.5) is 0 Å². The van der Waals surface area contributed by atoms with Crippen LogP contribution < -0.4 is 0 Å². The number of allylic oxidation sites excluding steroid dienone is 2. The fourth-order valence-corrected chi connectivity index (χ4v) is 2.53. The molecular formula is C13H22. The molecule has 0 amide bonds. The van der Waals surface area contributed by atoms with Crippen LogP contribution in [-0.4, -0.2) is 0 Å². The molecule has 0 nitrogen and oxygen atoms in total. The Labute approximate surface area is 82.7 Å². The van der Waals surface area contributed by atoms with Gasteiger partial charge in [-0.25, -0.2) is 0 Å². The van der Waals surface area contributed by atoms with Gasteiger partial charge in [-0.05, 0) is 31.1 Å². The summed E-state index contributed by atoms with van der Waals surface area (Å²) in [5.74, 6) is 1.48. The number of hydrogen-bond donors (Lipinski definition) is 0. The van der Waals surface area contributed by atoms with Gasteiger partial charge in [-0.15, -0.1) is 0 Å². The number of unbranched alkanes of at least 4 members (excludes halogenated alkanes) is 1. The van der Waals surface area contributed by atoms with Gasteiger partial charge in [0.1, 0.15) is 0 Å². The lowest BCUT2D eigenvalue weighted by atomic mass is 9.86. The Morgan fingerprint density at radius 3 is 2.31 bits per heavy atom. The summed E-state index contributed by atoms with van der Waals surface area (Å²) in [5, 5.41) is 0. The summed E-state index contributed by atoms with van der Waals surface area (Å²) in [5.41, 5.74) is 2.86. The van der Waals surface area contributed by atoms with Crippen molar-refractivity contribution in [3.8, 4) is 0 Å². The van der Waals surface area contributed by atoms with Crippen molar-refractivity contribution in [2.75, 3.05) is 0 Å². The number of rotatable bonds is 4. The Morgan fingerprint density at radius 1 is 1.15 bits per heavy atom. The summed E-state index contributed by atoms with van der Waals surface area (Å²) in [7, 11) is 0. The average molecular weight is 178 g/mol. The molecule has 0 heterocycles. The fraction of sp³-hybridized carbons (Fsp3) is 0.692. The Balaban J connectivity index is 2.58. The van der Waals surface area contributed by atoms with Gasteiger partial charge in [-0.3, -0.25) is 0 Å². The molecule has 74 valence electrons. The normalized spacial score (nSPS) is 28.5. The first-order chi connectivity index (χ1) is 6.20. The highest BCUT2D eigenvalue weighted by molar-refractivity contribution is 5.25. The minimum atomic E-state index is 0.735. The van der Waals surface area contributed by atoms with Crippen molar-refractivity contribution in [2.45, 2.75) is 46.0 Å². The van der Waals surface area contributed by atoms with Gasteiger partial charge in [-0.1, -0.05) is 51.0 Å². The van der Waals surface area contributed by atoms with E-state index in [0.29, 0.717) is 0 Å². The van der Waals surface area contributed by atoms with E-state index in [1.165, 1.54) is 36.8 Å². The molecule has 1 saturated carbocycles. The van der Waals surface area contributed by atoms with Crippen LogP contribution in [0.2, 0.25) is 0 Å². The van der Waals surface area contributed by atoms with E-state index in [1.807, 2.05) is 0 Å². The minimum absolute atomic E-state index is 0.735. The molecule has 1 aliphatic carbocycles. The summed E-state index contributed by atoms with van der Waals surface area (Å²) in [6.07, 6.45) is 6.30.